The molecule has 0 spiro atoms. The number of methoxy groups -OCH3 is 1. The summed E-state index contributed by atoms with van der Waals surface area (Å²) in [6, 6.07) is 11.0. The predicted octanol–water partition coefficient (Wildman–Crippen LogP) is 4.03. The van der Waals surface area contributed by atoms with E-state index in [2.05, 4.69) is 20.4 Å². The molecule has 0 saturated heterocycles. The van der Waals surface area contributed by atoms with Gasteiger partial charge >= 0.3 is 6.61 Å². The Balaban J connectivity index is 1.98. The standard InChI is InChI=1S/C20H24F3N3O3/c1-24-20(25-13-16-17(21)8-4-9-18(16)29-19(22)23)26-14-6-3-7-15(12-14)28-11-5-10-27-2/h3-4,6-9,12,19H,5,10-11,13H2,1-2H3,(H2,24,25,26). The van der Waals surface area contributed by atoms with Gasteiger partial charge in [0.15, 0.2) is 5.96 Å². The quantitative estimate of drug-likeness (QED) is 0.351. The van der Waals surface area contributed by atoms with E-state index in [1.54, 1.807) is 20.2 Å². The predicted molar refractivity (Wildman–Crippen MR) is 105 cm³/mol. The Kier molecular flexibility index (Phi) is 9.10. The maximum Gasteiger partial charge on any atom is 0.387 e. The molecule has 0 radical (unpaired) electrons. The van der Waals surface area contributed by atoms with Crippen LogP contribution in [0.3, 0.4) is 0 Å². The van der Waals surface area contributed by atoms with E-state index in [9.17, 15) is 13.2 Å². The largest absolute Gasteiger partial charge is 0.493 e. The Hall–Kier alpha value is -2.94. The maximum atomic E-state index is 14.1. The molecule has 0 bridgehead atoms. The molecular formula is C20H24F3N3O3. The van der Waals surface area contributed by atoms with Crippen LogP contribution in [0.4, 0.5) is 18.9 Å². The van der Waals surface area contributed by atoms with Gasteiger partial charge in [-0.15, -0.1) is 0 Å². The lowest BCUT2D eigenvalue weighted by Crippen LogP contribution is -2.30. The van der Waals surface area contributed by atoms with Gasteiger partial charge in [-0.25, -0.2) is 4.39 Å². The van der Waals surface area contributed by atoms with Crippen molar-refractivity contribution in [1.29, 1.82) is 0 Å². The number of nitrogens with one attached hydrogen (secondary N) is 2. The number of halogens is 3. The summed E-state index contributed by atoms with van der Waals surface area (Å²) in [6.45, 7) is -2.01. The first kappa shape index (κ1) is 22.4. The first-order valence-electron chi connectivity index (χ1n) is 8.95. The van der Waals surface area contributed by atoms with Crippen molar-refractivity contribution in [2.24, 2.45) is 4.99 Å². The lowest BCUT2D eigenvalue weighted by molar-refractivity contribution is -0.0506. The third kappa shape index (κ3) is 7.53. The summed E-state index contributed by atoms with van der Waals surface area (Å²) in [5, 5.41) is 5.93. The summed E-state index contributed by atoms with van der Waals surface area (Å²) in [5.41, 5.74) is 0.672. The van der Waals surface area contributed by atoms with Crippen LogP contribution in [0.15, 0.2) is 47.5 Å². The van der Waals surface area contributed by atoms with Crippen molar-refractivity contribution >= 4 is 11.6 Å². The first-order valence-corrected chi connectivity index (χ1v) is 8.95. The molecule has 0 aliphatic carbocycles. The van der Waals surface area contributed by atoms with Crippen LogP contribution < -0.4 is 20.1 Å². The first-order chi connectivity index (χ1) is 14.0. The van der Waals surface area contributed by atoms with Gasteiger partial charge in [-0.2, -0.15) is 8.78 Å². The lowest BCUT2D eigenvalue weighted by Gasteiger charge is -2.15. The van der Waals surface area contributed by atoms with Crippen LogP contribution in [0.1, 0.15) is 12.0 Å². The molecule has 2 N–H and O–H groups in total. The number of ether oxygens (including phenoxy) is 3. The summed E-state index contributed by atoms with van der Waals surface area (Å²) in [7, 11) is 3.17. The van der Waals surface area contributed by atoms with Crippen molar-refractivity contribution in [2.75, 3.05) is 32.7 Å². The van der Waals surface area contributed by atoms with Crippen molar-refractivity contribution in [1.82, 2.24) is 5.32 Å². The van der Waals surface area contributed by atoms with Crippen LogP contribution in [-0.2, 0) is 11.3 Å². The van der Waals surface area contributed by atoms with Gasteiger partial charge in [-0.05, 0) is 24.3 Å². The van der Waals surface area contributed by atoms with Gasteiger partial charge in [0, 0.05) is 51.0 Å². The van der Waals surface area contributed by atoms with Gasteiger partial charge in [0.25, 0.3) is 0 Å². The fraction of sp³-hybridized carbons (Fsp3) is 0.350. The zero-order valence-corrected chi connectivity index (χ0v) is 16.3. The van der Waals surface area contributed by atoms with E-state index >= 15 is 0 Å². The molecule has 0 heterocycles. The summed E-state index contributed by atoms with van der Waals surface area (Å²) in [5.74, 6) is 0.114. The van der Waals surface area contributed by atoms with Gasteiger partial charge in [0.2, 0.25) is 0 Å². The molecule has 29 heavy (non-hydrogen) atoms. The molecular weight excluding hydrogens is 387 g/mol. The van der Waals surface area contributed by atoms with E-state index in [-0.39, 0.29) is 17.9 Å². The third-order valence-electron chi connectivity index (χ3n) is 3.81. The van der Waals surface area contributed by atoms with Gasteiger partial charge in [0.1, 0.15) is 17.3 Å². The fourth-order valence-electron chi connectivity index (χ4n) is 2.46. The highest BCUT2D eigenvalue weighted by Gasteiger charge is 2.14. The summed E-state index contributed by atoms with van der Waals surface area (Å²) in [4.78, 5) is 4.06. The van der Waals surface area contributed by atoms with Crippen LogP contribution >= 0.6 is 0 Å². The zero-order valence-electron chi connectivity index (χ0n) is 16.3. The maximum absolute atomic E-state index is 14.1. The molecule has 0 amide bonds. The second kappa shape index (κ2) is 11.8. The Bertz CT molecular complexity index is 804. The molecule has 0 unspecified atom stereocenters. The summed E-state index contributed by atoms with van der Waals surface area (Å²) < 4.78 is 54.1. The zero-order chi connectivity index (χ0) is 21.1. The molecule has 0 atom stereocenters. The van der Waals surface area contributed by atoms with Gasteiger partial charge in [-0.3, -0.25) is 4.99 Å². The number of benzene rings is 2. The van der Waals surface area contributed by atoms with E-state index in [0.29, 0.717) is 30.6 Å². The van der Waals surface area contributed by atoms with Gasteiger partial charge < -0.3 is 24.8 Å². The van der Waals surface area contributed by atoms with Crippen molar-refractivity contribution in [3.05, 3.63) is 53.8 Å². The topological polar surface area (TPSA) is 64.1 Å². The highest BCUT2D eigenvalue weighted by molar-refractivity contribution is 5.93. The molecule has 0 aliphatic heterocycles. The summed E-state index contributed by atoms with van der Waals surface area (Å²) in [6.07, 6.45) is 0.767. The molecule has 0 aliphatic rings. The molecule has 0 aromatic heterocycles. The number of anilines is 1. The van der Waals surface area contributed by atoms with Crippen LogP contribution in [0.25, 0.3) is 0 Å². The molecule has 2 rings (SSSR count). The van der Waals surface area contributed by atoms with Gasteiger partial charge in [-0.1, -0.05) is 12.1 Å². The normalized spacial score (nSPS) is 11.4. The minimum Gasteiger partial charge on any atom is -0.493 e. The van der Waals surface area contributed by atoms with Crippen molar-refractivity contribution in [3.63, 3.8) is 0 Å². The van der Waals surface area contributed by atoms with Crippen molar-refractivity contribution in [3.8, 4) is 11.5 Å². The monoisotopic (exact) mass is 411 g/mol. The summed E-state index contributed by atoms with van der Waals surface area (Å²) >= 11 is 0. The van der Waals surface area contributed by atoms with Crippen molar-refractivity contribution in [2.45, 2.75) is 19.6 Å². The fourth-order valence-corrected chi connectivity index (χ4v) is 2.46. The van der Waals surface area contributed by atoms with Gasteiger partial charge in [0.05, 0.1) is 6.61 Å². The lowest BCUT2D eigenvalue weighted by atomic mass is 10.2. The van der Waals surface area contributed by atoms with Crippen LogP contribution in [-0.4, -0.2) is 39.9 Å². The molecule has 158 valence electrons. The van der Waals surface area contributed by atoms with E-state index in [0.717, 1.165) is 6.42 Å². The molecule has 2 aromatic carbocycles. The SMILES string of the molecule is CN=C(NCc1c(F)cccc1OC(F)F)Nc1cccc(OCCCOC)c1. The number of guanidine groups is 1. The van der Waals surface area contributed by atoms with Crippen LogP contribution in [0.2, 0.25) is 0 Å². The number of rotatable bonds is 10. The molecule has 2 aromatic rings. The van der Waals surface area contributed by atoms with E-state index < -0.39 is 12.4 Å². The van der Waals surface area contributed by atoms with Crippen LogP contribution in [0, 0.1) is 5.82 Å². The molecule has 0 saturated carbocycles. The number of alkyl halides is 2. The molecule has 0 fully saturated rings. The minimum atomic E-state index is -3.04. The number of aliphatic imine (C=N–C) groups is 1. The third-order valence-corrected chi connectivity index (χ3v) is 3.81. The van der Waals surface area contributed by atoms with E-state index in [1.165, 1.54) is 18.2 Å². The van der Waals surface area contributed by atoms with Crippen LogP contribution in [0.5, 0.6) is 11.5 Å². The Morgan fingerprint density at radius 2 is 1.93 bits per heavy atom. The Morgan fingerprint density at radius 3 is 2.66 bits per heavy atom. The number of hydrogen-bond donors (Lipinski definition) is 2. The van der Waals surface area contributed by atoms with Crippen molar-refractivity contribution < 1.29 is 27.4 Å². The molecule has 6 nitrogen and oxygen atoms in total. The number of hydrogen-bond acceptors (Lipinski definition) is 4. The Labute approximate surface area is 167 Å². The second-order valence-electron chi connectivity index (χ2n) is 5.87. The van der Waals surface area contributed by atoms with E-state index in [4.69, 9.17) is 9.47 Å². The highest BCUT2D eigenvalue weighted by atomic mass is 19.3. The molecule has 9 heteroatoms. The van der Waals surface area contributed by atoms with E-state index in [1.807, 2.05) is 18.2 Å². The average Bonchev–Trinajstić information content (AvgIpc) is 2.70. The smallest absolute Gasteiger partial charge is 0.387 e. The highest BCUT2D eigenvalue weighted by Crippen LogP contribution is 2.23. The minimum absolute atomic E-state index is 0.0222. The number of nitrogens with zero attached hydrogens (tertiary/aromatic N) is 1. The Morgan fingerprint density at radius 1 is 1.14 bits per heavy atom. The average molecular weight is 411 g/mol. The second-order valence-corrected chi connectivity index (χ2v) is 5.87.